The van der Waals surface area contributed by atoms with E-state index >= 15 is 0 Å². The number of carbonyl (C=O) groups is 1. The number of aryl methyl sites for hydroxylation is 1. The third-order valence-electron chi connectivity index (χ3n) is 5.20. The fourth-order valence-electron chi connectivity index (χ4n) is 3.54. The van der Waals surface area contributed by atoms with Crippen molar-refractivity contribution in [2.75, 3.05) is 20.1 Å². The minimum absolute atomic E-state index is 0.182. The Balaban J connectivity index is 1.58. The number of carbonyl (C=O) groups excluding carboxylic acids is 1. The van der Waals surface area contributed by atoms with Crippen molar-refractivity contribution in [2.45, 2.75) is 31.2 Å². The number of thiazole rings is 1. The average Bonchev–Trinajstić information content (AvgIpc) is 3.37. The first-order chi connectivity index (χ1) is 13.9. The summed E-state index contributed by atoms with van der Waals surface area (Å²) in [6.07, 6.45) is 1.75. The molecule has 0 saturated carbocycles. The summed E-state index contributed by atoms with van der Waals surface area (Å²) in [6.45, 7) is 3.28. The van der Waals surface area contributed by atoms with Gasteiger partial charge in [-0.1, -0.05) is 18.2 Å². The topological polar surface area (TPSA) is 70.6 Å². The van der Waals surface area contributed by atoms with Gasteiger partial charge in [-0.2, -0.15) is 4.31 Å². The van der Waals surface area contributed by atoms with Crippen molar-refractivity contribution >= 4 is 37.5 Å². The highest BCUT2D eigenvalue weighted by molar-refractivity contribution is 7.89. The van der Waals surface area contributed by atoms with Crippen molar-refractivity contribution in [3.63, 3.8) is 0 Å². The Kier molecular flexibility index (Phi) is 5.42. The van der Waals surface area contributed by atoms with Crippen LogP contribution < -0.4 is 0 Å². The van der Waals surface area contributed by atoms with E-state index in [2.05, 4.69) is 4.98 Å². The molecule has 1 fully saturated rings. The minimum atomic E-state index is -3.56. The molecule has 1 aliphatic rings. The van der Waals surface area contributed by atoms with Gasteiger partial charge < -0.3 is 4.90 Å². The summed E-state index contributed by atoms with van der Waals surface area (Å²) in [7, 11) is -1.84. The van der Waals surface area contributed by atoms with Gasteiger partial charge in [-0.25, -0.2) is 13.4 Å². The van der Waals surface area contributed by atoms with Crippen LogP contribution in [0.15, 0.2) is 47.4 Å². The smallest absolute Gasteiger partial charge is 0.254 e. The third-order valence-corrected chi connectivity index (χ3v) is 8.12. The second-order valence-corrected chi connectivity index (χ2v) is 10.4. The number of benzene rings is 2. The Morgan fingerprint density at radius 2 is 1.90 bits per heavy atom. The molecule has 29 heavy (non-hydrogen) atoms. The maximum Gasteiger partial charge on any atom is 0.254 e. The predicted octanol–water partition coefficient (Wildman–Crippen LogP) is 3.66. The number of hydrogen-bond acceptors (Lipinski definition) is 5. The van der Waals surface area contributed by atoms with Crippen molar-refractivity contribution in [2.24, 2.45) is 0 Å². The highest BCUT2D eigenvalue weighted by Gasteiger charge is 2.28. The SMILES string of the molecule is Cc1ccc(S(=O)(=O)N2CCCC2)cc1C(=O)N(C)Cc1nc2ccccc2s1. The molecule has 1 aliphatic heterocycles. The molecule has 8 heteroatoms. The summed E-state index contributed by atoms with van der Waals surface area (Å²) in [5, 5.41) is 0.848. The molecular weight excluding hydrogens is 406 g/mol. The number of para-hydroxylation sites is 1. The van der Waals surface area contributed by atoms with Gasteiger partial charge in [0.05, 0.1) is 21.7 Å². The van der Waals surface area contributed by atoms with E-state index in [9.17, 15) is 13.2 Å². The maximum atomic E-state index is 13.1. The van der Waals surface area contributed by atoms with Crippen molar-refractivity contribution in [3.8, 4) is 0 Å². The zero-order valence-corrected chi connectivity index (χ0v) is 18.1. The Bertz CT molecular complexity index is 1130. The third kappa shape index (κ3) is 3.92. The monoisotopic (exact) mass is 429 g/mol. The molecule has 152 valence electrons. The van der Waals surface area contributed by atoms with Gasteiger partial charge in [0.2, 0.25) is 10.0 Å². The number of rotatable bonds is 5. The Morgan fingerprint density at radius 1 is 1.17 bits per heavy atom. The van der Waals surface area contributed by atoms with Crippen LogP contribution in [-0.2, 0) is 16.6 Å². The zero-order valence-electron chi connectivity index (χ0n) is 16.5. The van der Waals surface area contributed by atoms with E-state index in [1.807, 2.05) is 31.2 Å². The number of hydrogen-bond donors (Lipinski definition) is 0. The molecule has 0 aliphatic carbocycles. The first kappa shape index (κ1) is 20.0. The summed E-state index contributed by atoms with van der Waals surface area (Å²) >= 11 is 1.56. The van der Waals surface area contributed by atoms with E-state index in [4.69, 9.17) is 0 Å². The zero-order chi connectivity index (χ0) is 20.6. The van der Waals surface area contributed by atoms with Crippen LogP contribution >= 0.6 is 11.3 Å². The number of sulfonamides is 1. The Labute approximate surface area is 174 Å². The van der Waals surface area contributed by atoms with Crippen LogP contribution in [0, 0.1) is 6.92 Å². The molecule has 4 rings (SSSR count). The van der Waals surface area contributed by atoms with E-state index in [-0.39, 0.29) is 10.8 Å². The second-order valence-electron chi connectivity index (χ2n) is 7.32. The molecule has 2 heterocycles. The summed E-state index contributed by atoms with van der Waals surface area (Å²) in [4.78, 5) is 19.4. The first-order valence-electron chi connectivity index (χ1n) is 9.57. The van der Waals surface area contributed by atoms with E-state index in [0.717, 1.165) is 33.6 Å². The Morgan fingerprint density at radius 3 is 2.62 bits per heavy atom. The largest absolute Gasteiger partial charge is 0.335 e. The summed E-state index contributed by atoms with van der Waals surface area (Å²) in [6, 6.07) is 12.7. The lowest BCUT2D eigenvalue weighted by Crippen LogP contribution is -2.29. The quantitative estimate of drug-likeness (QED) is 0.621. The standard InChI is InChI=1S/C21H23N3O3S2/c1-15-9-10-16(29(26,27)24-11-5-6-12-24)13-17(15)21(25)23(2)14-20-22-18-7-3-4-8-19(18)28-20/h3-4,7-10,13H,5-6,11-12,14H2,1-2H3. The van der Waals surface area contributed by atoms with Crippen LogP contribution in [0.2, 0.25) is 0 Å². The van der Waals surface area contributed by atoms with Crippen molar-refractivity contribution in [1.29, 1.82) is 0 Å². The molecule has 2 aromatic carbocycles. The molecule has 3 aromatic rings. The molecule has 0 bridgehead atoms. The maximum absolute atomic E-state index is 13.1. The molecule has 0 unspecified atom stereocenters. The summed E-state index contributed by atoms with van der Waals surface area (Å²) in [5.41, 5.74) is 2.09. The molecule has 1 amide bonds. The number of amides is 1. The lowest BCUT2D eigenvalue weighted by molar-refractivity contribution is 0.0784. The van der Waals surface area contributed by atoms with Gasteiger partial charge in [-0.05, 0) is 49.6 Å². The fraction of sp³-hybridized carbons (Fsp3) is 0.333. The van der Waals surface area contributed by atoms with E-state index < -0.39 is 10.0 Å². The van der Waals surface area contributed by atoms with Crippen LogP contribution in [0.1, 0.15) is 33.8 Å². The lowest BCUT2D eigenvalue weighted by Gasteiger charge is -2.19. The van der Waals surface area contributed by atoms with E-state index in [1.54, 1.807) is 35.4 Å². The lowest BCUT2D eigenvalue weighted by atomic mass is 10.1. The van der Waals surface area contributed by atoms with Crippen LogP contribution in [0.25, 0.3) is 10.2 Å². The van der Waals surface area contributed by atoms with Crippen molar-refractivity contribution in [3.05, 3.63) is 58.6 Å². The summed E-state index contributed by atoms with van der Waals surface area (Å²) in [5.74, 6) is -0.208. The first-order valence-corrected chi connectivity index (χ1v) is 11.8. The normalized spacial score (nSPS) is 15.1. The average molecular weight is 430 g/mol. The molecular formula is C21H23N3O3S2. The minimum Gasteiger partial charge on any atom is -0.335 e. The number of fused-ring (bicyclic) bond motifs is 1. The van der Waals surface area contributed by atoms with Gasteiger partial charge >= 0.3 is 0 Å². The molecule has 1 saturated heterocycles. The van der Waals surface area contributed by atoms with Gasteiger partial charge in [-0.15, -0.1) is 11.3 Å². The predicted molar refractivity (Wildman–Crippen MR) is 115 cm³/mol. The van der Waals surface area contributed by atoms with Crippen LogP contribution in [0.3, 0.4) is 0 Å². The molecule has 6 nitrogen and oxygen atoms in total. The van der Waals surface area contributed by atoms with Crippen LogP contribution in [0.4, 0.5) is 0 Å². The highest BCUT2D eigenvalue weighted by Crippen LogP contribution is 2.25. The van der Waals surface area contributed by atoms with Gasteiger partial charge in [0, 0.05) is 25.7 Å². The van der Waals surface area contributed by atoms with Gasteiger partial charge in [0.15, 0.2) is 0 Å². The molecule has 0 radical (unpaired) electrons. The van der Waals surface area contributed by atoms with Crippen molar-refractivity contribution in [1.82, 2.24) is 14.2 Å². The molecule has 0 spiro atoms. The second kappa shape index (κ2) is 7.85. The Hall–Kier alpha value is -2.29. The van der Waals surface area contributed by atoms with E-state index in [1.165, 1.54) is 10.4 Å². The number of aromatic nitrogens is 1. The van der Waals surface area contributed by atoms with E-state index in [0.29, 0.717) is 25.2 Å². The summed E-state index contributed by atoms with van der Waals surface area (Å²) < 4.78 is 28.3. The van der Waals surface area contributed by atoms with Crippen molar-refractivity contribution < 1.29 is 13.2 Å². The molecule has 0 N–H and O–H groups in total. The number of nitrogens with zero attached hydrogens (tertiary/aromatic N) is 3. The van der Waals surface area contributed by atoms with Crippen LogP contribution in [0.5, 0.6) is 0 Å². The molecule has 1 aromatic heterocycles. The van der Waals surface area contributed by atoms with Gasteiger partial charge in [0.25, 0.3) is 5.91 Å². The van der Waals surface area contributed by atoms with Crippen LogP contribution in [-0.4, -0.2) is 48.7 Å². The van der Waals surface area contributed by atoms with Gasteiger partial charge in [0.1, 0.15) is 5.01 Å². The highest BCUT2D eigenvalue weighted by atomic mass is 32.2. The molecule has 0 atom stereocenters. The van der Waals surface area contributed by atoms with Gasteiger partial charge in [-0.3, -0.25) is 4.79 Å². The fourth-order valence-corrected chi connectivity index (χ4v) is 6.10.